The van der Waals surface area contributed by atoms with Crippen LogP contribution in [-0.4, -0.2) is 44.4 Å². The highest BCUT2D eigenvalue weighted by Gasteiger charge is 2.48. The highest BCUT2D eigenvalue weighted by Crippen LogP contribution is 2.31. The maximum Gasteiger partial charge on any atom is 0.290 e. The summed E-state index contributed by atoms with van der Waals surface area (Å²) in [6.45, 7) is 4.91. The Morgan fingerprint density at radius 1 is 1.31 bits per heavy atom. The molecule has 2 amide bonds. The molecular weight excluding hydrogens is 328 g/mol. The molecule has 1 saturated carbocycles. The number of para-hydroxylation sites is 2. The number of fused-ring (bicyclic) bond motifs is 3. The normalized spacial score (nSPS) is 23.5. The molecule has 4 rings (SSSR count). The van der Waals surface area contributed by atoms with Crippen molar-refractivity contribution >= 4 is 22.8 Å². The Bertz CT molecular complexity index is 853. The third-order valence-corrected chi connectivity index (χ3v) is 5.78. The molecular formula is C20H26N4O2. The second-order valence-corrected chi connectivity index (χ2v) is 7.70. The van der Waals surface area contributed by atoms with E-state index in [1.54, 1.807) is 4.90 Å². The fourth-order valence-corrected chi connectivity index (χ4v) is 4.31. The van der Waals surface area contributed by atoms with Gasteiger partial charge in [0.1, 0.15) is 5.54 Å². The van der Waals surface area contributed by atoms with Crippen molar-refractivity contribution in [1.29, 1.82) is 0 Å². The molecule has 0 bridgehead atoms. The molecule has 26 heavy (non-hydrogen) atoms. The Hall–Kier alpha value is -2.37. The van der Waals surface area contributed by atoms with Crippen LogP contribution < -0.4 is 5.32 Å². The monoisotopic (exact) mass is 354 g/mol. The quantitative estimate of drug-likeness (QED) is 0.918. The van der Waals surface area contributed by atoms with Gasteiger partial charge in [0.05, 0.1) is 17.6 Å². The number of nitrogens with zero attached hydrogens (tertiary/aromatic N) is 3. The van der Waals surface area contributed by atoms with Gasteiger partial charge in [-0.2, -0.15) is 0 Å². The van der Waals surface area contributed by atoms with Crippen LogP contribution in [0.25, 0.3) is 11.0 Å². The summed E-state index contributed by atoms with van der Waals surface area (Å²) in [7, 11) is 0. The Labute approximate surface area is 153 Å². The van der Waals surface area contributed by atoms with Crippen molar-refractivity contribution in [1.82, 2.24) is 19.8 Å². The number of hydrogen-bond acceptors (Lipinski definition) is 3. The van der Waals surface area contributed by atoms with Crippen LogP contribution in [0.3, 0.4) is 0 Å². The largest absolute Gasteiger partial charge is 0.351 e. The molecule has 0 radical (unpaired) electrons. The van der Waals surface area contributed by atoms with E-state index in [-0.39, 0.29) is 17.9 Å². The molecule has 1 aliphatic heterocycles. The van der Waals surface area contributed by atoms with Crippen molar-refractivity contribution < 1.29 is 9.59 Å². The molecule has 1 aromatic carbocycles. The zero-order valence-electron chi connectivity index (χ0n) is 15.5. The number of carbonyl (C=O) groups is 2. The first-order valence-electron chi connectivity index (χ1n) is 9.63. The third-order valence-electron chi connectivity index (χ3n) is 5.78. The number of rotatable bonds is 4. The predicted octanol–water partition coefficient (Wildman–Crippen LogP) is 2.72. The third kappa shape index (κ3) is 2.59. The van der Waals surface area contributed by atoms with Crippen LogP contribution >= 0.6 is 0 Å². The van der Waals surface area contributed by atoms with E-state index in [4.69, 9.17) is 0 Å². The molecule has 2 heterocycles. The van der Waals surface area contributed by atoms with Crippen molar-refractivity contribution in [2.24, 2.45) is 0 Å². The SMILES string of the molecule is CCCN1C(=O)c2nc3ccccc3n2C[C@]1(C)C(=O)NC1CCCC1. The van der Waals surface area contributed by atoms with E-state index >= 15 is 0 Å². The number of imidazole rings is 1. The van der Waals surface area contributed by atoms with Gasteiger partial charge >= 0.3 is 0 Å². The highest BCUT2D eigenvalue weighted by molar-refractivity contribution is 6.01. The van der Waals surface area contributed by atoms with E-state index in [1.807, 2.05) is 42.7 Å². The molecule has 0 unspecified atom stereocenters. The van der Waals surface area contributed by atoms with E-state index in [1.165, 1.54) is 0 Å². The molecule has 2 aliphatic rings. The lowest BCUT2D eigenvalue weighted by atomic mass is 9.94. The van der Waals surface area contributed by atoms with Crippen LogP contribution in [0.4, 0.5) is 0 Å². The number of nitrogens with one attached hydrogen (secondary N) is 1. The van der Waals surface area contributed by atoms with E-state index in [0.717, 1.165) is 43.1 Å². The van der Waals surface area contributed by atoms with Gasteiger partial charge in [-0.15, -0.1) is 0 Å². The van der Waals surface area contributed by atoms with Crippen LogP contribution in [0, 0.1) is 0 Å². The van der Waals surface area contributed by atoms with Crippen molar-refractivity contribution in [3.63, 3.8) is 0 Å². The summed E-state index contributed by atoms with van der Waals surface area (Å²) in [6, 6.07) is 7.97. The summed E-state index contributed by atoms with van der Waals surface area (Å²) in [5.74, 6) is 0.235. The average Bonchev–Trinajstić information content (AvgIpc) is 3.26. The summed E-state index contributed by atoms with van der Waals surface area (Å²) in [6.07, 6.45) is 5.19. The molecule has 138 valence electrons. The minimum atomic E-state index is -0.897. The van der Waals surface area contributed by atoms with Crippen molar-refractivity contribution in [2.75, 3.05) is 6.54 Å². The molecule has 6 nitrogen and oxygen atoms in total. The zero-order chi connectivity index (χ0) is 18.3. The van der Waals surface area contributed by atoms with Gasteiger partial charge in [0.2, 0.25) is 5.91 Å². The van der Waals surface area contributed by atoms with Gasteiger partial charge < -0.3 is 14.8 Å². The van der Waals surface area contributed by atoms with Gasteiger partial charge in [-0.3, -0.25) is 9.59 Å². The summed E-state index contributed by atoms with van der Waals surface area (Å²) < 4.78 is 1.91. The topological polar surface area (TPSA) is 67.2 Å². The molecule has 1 fully saturated rings. The first-order chi connectivity index (χ1) is 12.5. The highest BCUT2D eigenvalue weighted by atomic mass is 16.2. The summed E-state index contributed by atoms with van der Waals surface area (Å²) in [5.41, 5.74) is 0.811. The van der Waals surface area contributed by atoms with Gasteiger partial charge in [0.25, 0.3) is 5.91 Å². The second kappa shape index (κ2) is 6.41. The second-order valence-electron chi connectivity index (χ2n) is 7.70. The Morgan fingerprint density at radius 2 is 2.04 bits per heavy atom. The molecule has 6 heteroatoms. The van der Waals surface area contributed by atoms with Gasteiger partial charge in [-0.05, 0) is 38.3 Å². The van der Waals surface area contributed by atoms with Gasteiger partial charge in [0, 0.05) is 12.6 Å². The number of benzene rings is 1. The van der Waals surface area contributed by atoms with E-state index in [0.29, 0.717) is 18.9 Å². The Kier molecular flexibility index (Phi) is 4.21. The number of amides is 2. The van der Waals surface area contributed by atoms with Crippen LogP contribution in [0.1, 0.15) is 56.6 Å². The molecule has 1 aromatic heterocycles. The van der Waals surface area contributed by atoms with Gasteiger partial charge in [-0.1, -0.05) is 31.9 Å². The average molecular weight is 354 g/mol. The number of hydrogen-bond donors (Lipinski definition) is 1. The van der Waals surface area contributed by atoms with Gasteiger partial charge in [-0.25, -0.2) is 4.98 Å². The fourth-order valence-electron chi connectivity index (χ4n) is 4.31. The lowest BCUT2D eigenvalue weighted by Gasteiger charge is -2.43. The number of aromatic nitrogens is 2. The van der Waals surface area contributed by atoms with Crippen molar-refractivity contribution in [3.8, 4) is 0 Å². The summed E-state index contributed by atoms with van der Waals surface area (Å²) in [4.78, 5) is 32.7. The minimum Gasteiger partial charge on any atom is -0.351 e. The minimum absolute atomic E-state index is 0.0466. The molecule has 1 N–H and O–H groups in total. The smallest absolute Gasteiger partial charge is 0.290 e. The van der Waals surface area contributed by atoms with Crippen LogP contribution in [0.5, 0.6) is 0 Å². The maximum absolute atomic E-state index is 13.2. The Morgan fingerprint density at radius 3 is 2.77 bits per heavy atom. The molecule has 2 aromatic rings. The zero-order valence-corrected chi connectivity index (χ0v) is 15.5. The molecule has 0 spiro atoms. The van der Waals surface area contributed by atoms with E-state index in [9.17, 15) is 9.59 Å². The van der Waals surface area contributed by atoms with Crippen LogP contribution in [0.15, 0.2) is 24.3 Å². The van der Waals surface area contributed by atoms with Crippen LogP contribution in [0.2, 0.25) is 0 Å². The van der Waals surface area contributed by atoms with Gasteiger partial charge in [0.15, 0.2) is 5.82 Å². The van der Waals surface area contributed by atoms with Crippen LogP contribution in [-0.2, 0) is 11.3 Å². The van der Waals surface area contributed by atoms with E-state index < -0.39 is 5.54 Å². The number of carbonyl (C=O) groups excluding carboxylic acids is 2. The fraction of sp³-hybridized carbons (Fsp3) is 0.550. The molecule has 0 saturated heterocycles. The molecule has 1 atom stereocenters. The Balaban J connectivity index is 1.74. The lowest BCUT2D eigenvalue weighted by molar-refractivity contribution is -0.133. The predicted molar refractivity (Wildman–Crippen MR) is 99.9 cm³/mol. The standard InChI is InChI=1S/C20H26N4O2/c1-3-12-24-18(25)17-22-15-10-6-7-11-16(15)23(17)13-20(24,2)19(26)21-14-8-4-5-9-14/h6-7,10-11,14H,3-5,8-9,12-13H2,1-2H3,(H,21,26)/t20-/m1/s1. The molecule has 1 aliphatic carbocycles. The first kappa shape index (κ1) is 17.1. The lowest BCUT2D eigenvalue weighted by Crippen LogP contribution is -2.65. The summed E-state index contributed by atoms with van der Waals surface area (Å²) >= 11 is 0. The van der Waals surface area contributed by atoms with E-state index in [2.05, 4.69) is 10.3 Å². The summed E-state index contributed by atoms with van der Waals surface area (Å²) in [5, 5.41) is 3.20. The van der Waals surface area contributed by atoms with Crippen molar-refractivity contribution in [3.05, 3.63) is 30.1 Å². The van der Waals surface area contributed by atoms with Crippen molar-refractivity contribution in [2.45, 2.75) is 64.1 Å². The maximum atomic E-state index is 13.2. The first-order valence-corrected chi connectivity index (χ1v) is 9.63.